The molecule has 1 aromatic heterocycles. The average Bonchev–Trinajstić information content (AvgIpc) is 2.61. The molecule has 2 N–H and O–H groups in total. The molecule has 0 saturated heterocycles. The first-order valence-corrected chi connectivity index (χ1v) is 5.35. The minimum Gasteiger partial charge on any atom is -0.394 e. The topological polar surface area (TPSA) is 50.1 Å². The highest BCUT2D eigenvalue weighted by atomic mass is 16.3. The lowest BCUT2D eigenvalue weighted by Gasteiger charge is -2.29. The fourth-order valence-electron chi connectivity index (χ4n) is 1.56. The summed E-state index contributed by atoms with van der Waals surface area (Å²) in [6, 6.07) is 0.251. The van der Waals surface area contributed by atoms with Crippen molar-refractivity contribution >= 4 is 0 Å². The Morgan fingerprint density at radius 1 is 1.60 bits per heavy atom. The number of aliphatic hydroxyl groups excluding tert-OH is 1. The van der Waals surface area contributed by atoms with Gasteiger partial charge in [0.15, 0.2) is 0 Å². The molecule has 0 aliphatic carbocycles. The van der Waals surface area contributed by atoms with Crippen molar-refractivity contribution in [3.8, 4) is 0 Å². The van der Waals surface area contributed by atoms with Crippen molar-refractivity contribution in [3.63, 3.8) is 0 Å². The van der Waals surface area contributed by atoms with Gasteiger partial charge in [-0.2, -0.15) is 5.10 Å². The number of hydrogen-bond acceptors (Lipinski definition) is 3. The predicted molar refractivity (Wildman–Crippen MR) is 60.5 cm³/mol. The molecule has 1 aromatic rings. The van der Waals surface area contributed by atoms with Crippen molar-refractivity contribution in [1.82, 2.24) is 15.1 Å². The van der Waals surface area contributed by atoms with Crippen LogP contribution in [0.5, 0.6) is 0 Å². The smallest absolute Gasteiger partial charge is 0.0608 e. The monoisotopic (exact) mass is 211 g/mol. The number of nitrogens with zero attached hydrogens (tertiary/aromatic N) is 2. The molecule has 0 aromatic carbocycles. The van der Waals surface area contributed by atoms with Crippen LogP contribution in [0.4, 0.5) is 0 Å². The Kier molecular flexibility index (Phi) is 3.88. The molecule has 0 spiro atoms. The maximum Gasteiger partial charge on any atom is 0.0608 e. The van der Waals surface area contributed by atoms with E-state index >= 15 is 0 Å². The molecule has 4 nitrogen and oxygen atoms in total. The van der Waals surface area contributed by atoms with Gasteiger partial charge in [-0.25, -0.2) is 0 Å². The fraction of sp³-hybridized carbons (Fsp3) is 0.727. The van der Waals surface area contributed by atoms with Crippen LogP contribution in [0.2, 0.25) is 0 Å². The highest BCUT2D eigenvalue weighted by molar-refractivity contribution is 5.11. The molecule has 1 unspecified atom stereocenters. The fourth-order valence-corrected chi connectivity index (χ4v) is 1.56. The van der Waals surface area contributed by atoms with Crippen molar-refractivity contribution in [2.45, 2.75) is 38.8 Å². The van der Waals surface area contributed by atoms with Crippen molar-refractivity contribution in [3.05, 3.63) is 18.0 Å². The van der Waals surface area contributed by atoms with Gasteiger partial charge < -0.3 is 10.4 Å². The van der Waals surface area contributed by atoms with Crippen LogP contribution in [-0.4, -0.2) is 27.0 Å². The molecule has 0 amide bonds. The SMILES string of the molecule is CCC(NC(C)(C)CO)c1cnn(C)c1. The zero-order chi connectivity index (χ0) is 11.5. The normalized spacial score (nSPS) is 14.2. The van der Waals surface area contributed by atoms with E-state index in [2.05, 4.69) is 17.3 Å². The van der Waals surface area contributed by atoms with Crippen LogP contribution in [0.3, 0.4) is 0 Å². The Bertz CT molecular complexity index is 307. The Morgan fingerprint density at radius 2 is 2.27 bits per heavy atom. The summed E-state index contributed by atoms with van der Waals surface area (Å²) in [7, 11) is 1.91. The van der Waals surface area contributed by atoms with Crippen molar-refractivity contribution in [1.29, 1.82) is 0 Å². The molecule has 0 bridgehead atoms. The molecular weight excluding hydrogens is 190 g/mol. The standard InChI is InChI=1S/C11H21N3O/c1-5-10(13-11(2,3)8-15)9-6-12-14(4)7-9/h6-7,10,13,15H,5,8H2,1-4H3. The van der Waals surface area contributed by atoms with Gasteiger partial charge >= 0.3 is 0 Å². The number of aromatic nitrogens is 2. The second kappa shape index (κ2) is 4.77. The van der Waals surface area contributed by atoms with E-state index in [1.807, 2.05) is 33.3 Å². The van der Waals surface area contributed by atoms with E-state index in [9.17, 15) is 5.11 Å². The van der Waals surface area contributed by atoms with E-state index < -0.39 is 0 Å². The summed E-state index contributed by atoms with van der Waals surface area (Å²) in [4.78, 5) is 0. The van der Waals surface area contributed by atoms with E-state index in [0.29, 0.717) is 0 Å². The molecule has 0 radical (unpaired) electrons. The third-order valence-corrected chi connectivity index (χ3v) is 2.50. The molecular formula is C11H21N3O. The maximum absolute atomic E-state index is 9.21. The zero-order valence-electron chi connectivity index (χ0n) is 9.99. The molecule has 15 heavy (non-hydrogen) atoms. The van der Waals surface area contributed by atoms with Gasteiger partial charge in [0.2, 0.25) is 0 Å². The second-order valence-corrected chi connectivity index (χ2v) is 4.59. The van der Waals surface area contributed by atoms with Gasteiger partial charge in [0.05, 0.1) is 12.8 Å². The Morgan fingerprint density at radius 3 is 2.67 bits per heavy atom. The van der Waals surface area contributed by atoms with Gasteiger partial charge in [0.1, 0.15) is 0 Å². The third-order valence-electron chi connectivity index (χ3n) is 2.50. The van der Waals surface area contributed by atoms with Gasteiger partial charge in [-0.05, 0) is 20.3 Å². The minimum atomic E-state index is -0.253. The summed E-state index contributed by atoms with van der Waals surface area (Å²) in [6.45, 7) is 6.24. The first kappa shape index (κ1) is 12.2. The van der Waals surface area contributed by atoms with Crippen molar-refractivity contribution < 1.29 is 5.11 Å². The maximum atomic E-state index is 9.21. The largest absolute Gasteiger partial charge is 0.394 e. The first-order valence-electron chi connectivity index (χ1n) is 5.35. The van der Waals surface area contributed by atoms with E-state index in [-0.39, 0.29) is 18.2 Å². The Balaban J connectivity index is 2.72. The van der Waals surface area contributed by atoms with E-state index in [4.69, 9.17) is 0 Å². The quantitative estimate of drug-likeness (QED) is 0.770. The van der Waals surface area contributed by atoms with Crippen LogP contribution in [0.1, 0.15) is 38.8 Å². The second-order valence-electron chi connectivity index (χ2n) is 4.59. The van der Waals surface area contributed by atoms with Crippen LogP contribution >= 0.6 is 0 Å². The van der Waals surface area contributed by atoms with Crippen LogP contribution in [0.15, 0.2) is 12.4 Å². The minimum absolute atomic E-state index is 0.129. The van der Waals surface area contributed by atoms with Gasteiger partial charge in [-0.3, -0.25) is 4.68 Å². The number of aliphatic hydroxyl groups is 1. The highest BCUT2D eigenvalue weighted by Crippen LogP contribution is 2.19. The molecule has 1 atom stereocenters. The molecule has 4 heteroatoms. The van der Waals surface area contributed by atoms with E-state index in [0.717, 1.165) is 6.42 Å². The molecule has 0 aliphatic rings. The molecule has 1 rings (SSSR count). The van der Waals surface area contributed by atoms with Crippen LogP contribution in [0, 0.1) is 0 Å². The highest BCUT2D eigenvalue weighted by Gasteiger charge is 2.21. The summed E-state index contributed by atoms with van der Waals surface area (Å²) in [5.41, 5.74) is 0.915. The summed E-state index contributed by atoms with van der Waals surface area (Å²) in [6.07, 6.45) is 4.86. The van der Waals surface area contributed by atoms with Crippen LogP contribution in [0.25, 0.3) is 0 Å². The van der Waals surface area contributed by atoms with Crippen LogP contribution in [-0.2, 0) is 7.05 Å². The molecule has 1 heterocycles. The summed E-state index contributed by atoms with van der Waals surface area (Å²) in [5.74, 6) is 0. The summed E-state index contributed by atoms with van der Waals surface area (Å²) < 4.78 is 1.80. The third kappa shape index (κ3) is 3.32. The Labute approximate surface area is 91.3 Å². The molecule has 0 saturated carbocycles. The Hall–Kier alpha value is -0.870. The zero-order valence-corrected chi connectivity index (χ0v) is 9.99. The van der Waals surface area contributed by atoms with Gasteiger partial charge in [-0.1, -0.05) is 6.92 Å². The lowest BCUT2D eigenvalue weighted by atomic mass is 10.0. The first-order chi connectivity index (χ1) is 6.98. The number of nitrogens with one attached hydrogen (secondary N) is 1. The van der Waals surface area contributed by atoms with Gasteiger partial charge in [-0.15, -0.1) is 0 Å². The van der Waals surface area contributed by atoms with E-state index in [1.165, 1.54) is 5.56 Å². The summed E-state index contributed by atoms with van der Waals surface area (Å²) in [5, 5.41) is 16.8. The average molecular weight is 211 g/mol. The lowest BCUT2D eigenvalue weighted by molar-refractivity contribution is 0.174. The molecule has 86 valence electrons. The van der Waals surface area contributed by atoms with Gasteiger partial charge in [0.25, 0.3) is 0 Å². The van der Waals surface area contributed by atoms with Crippen molar-refractivity contribution in [2.24, 2.45) is 7.05 Å². The number of hydrogen-bond donors (Lipinski definition) is 2. The number of aryl methyl sites for hydroxylation is 1. The van der Waals surface area contributed by atoms with Gasteiger partial charge in [0, 0.05) is 30.4 Å². The predicted octanol–water partition coefficient (Wildman–Crippen LogP) is 1.23. The van der Waals surface area contributed by atoms with Crippen molar-refractivity contribution in [2.75, 3.05) is 6.61 Å². The lowest BCUT2D eigenvalue weighted by Crippen LogP contribution is -2.44. The molecule has 0 aliphatic heterocycles. The van der Waals surface area contributed by atoms with E-state index in [1.54, 1.807) is 4.68 Å². The molecule has 0 fully saturated rings. The van der Waals surface area contributed by atoms with Crippen LogP contribution < -0.4 is 5.32 Å². The number of rotatable bonds is 5. The summed E-state index contributed by atoms with van der Waals surface area (Å²) >= 11 is 0.